The third-order valence-electron chi connectivity index (χ3n) is 5.19. The maximum absolute atomic E-state index is 12.9. The Morgan fingerprint density at radius 2 is 1.62 bits per heavy atom. The van der Waals surface area contributed by atoms with E-state index in [1.54, 1.807) is 41.1 Å². The van der Waals surface area contributed by atoms with Gasteiger partial charge in [0.05, 0.1) is 0 Å². The van der Waals surface area contributed by atoms with Gasteiger partial charge in [-0.1, -0.05) is 32.0 Å². The Kier molecular flexibility index (Phi) is 6.86. The maximum Gasteiger partial charge on any atom is 0.272 e. The third-order valence-corrected chi connectivity index (χ3v) is 5.19. The number of amides is 2. The molecule has 2 heterocycles. The van der Waals surface area contributed by atoms with Gasteiger partial charge in [0.25, 0.3) is 11.8 Å². The van der Waals surface area contributed by atoms with Gasteiger partial charge in [0.15, 0.2) is 6.10 Å². The van der Waals surface area contributed by atoms with Crippen LogP contribution in [0.4, 0.5) is 0 Å². The number of pyridine rings is 1. The molecule has 0 N–H and O–H groups in total. The molecule has 3 rings (SSSR count). The summed E-state index contributed by atoms with van der Waals surface area (Å²) in [6.45, 7) is 8.29. The molecule has 1 unspecified atom stereocenters. The highest BCUT2D eigenvalue weighted by atomic mass is 16.5. The van der Waals surface area contributed by atoms with Gasteiger partial charge in [-0.15, -0.1) is 0 Å². The molecule has 0 spiro atoms. The van der Waals surface area contributed by atoms with Gasteiger partial charge in [0.2, 0.25) is 0 Å². The summed E-state index contributed by atoms with van der Waals surface area (Å²) in [5.74, 6) is 1.01. The smallest absolute Gasteiger partial charge is 0.272 e. The Hall–Kier alpha value is -2.89. The average molecular weight is 396 g/mol. The summed E-state index contributed by atoms with van der Waals surface area (Å²) in [5, 5.41) is 0. The zero-order valence-electron chi connectivity index (χ0n) is 17.4. The van der Waals surface area contributed by atoms with Crippen LogP contribution in [0, 0.1) is 0 Å². The molecule has 1 atom stereocenters. The lowest BCUT2D eigenvalue weighted by Crippen LogP contribution is -2.43. The van der Waals surface area contributed by atoms with E-state index in [2.05, 4.69) is 18.8 Å². The first-order valence-corrected chi connectivity index (χ1v) is 10.2. The first kappa shape index (κ1) is 20.8. The van der Waals surface area contributed by atoms with Gasteiger partial charge in [-0.25, -0.2) is 0 Å². The van der Waals surface area contributed by atoms with Crippen LogP contribution in [0.3, 0.4) is 0 Å². The number of rotatable bonds is 5. The number of nitrogens with zero attached hydrogens (tertiary/aromatic N) is 3. The summed E-state index contributed by atoms with van der Waals surface area (Å²) in [4.78, 5) is 33.2. The van der Waals surface area contributed by atoms with E-state index in [0.717, 1.165) is 6.42 Å². The van der Waals surface area contributed by atoms with Crippen molar-refractivity contribution in [3.63, 3.8) is 0 Å². The number of hydrogen-bond donors (Lipinski definition) is 0. The molecule has 0 aliphatic carbocycles. The highest BCUT2D eigenvalue weighted by molar-refractivity contribution is 5.92. The molecule has 0 saturated carbocycles. The molecule has 0 bridgehead atoms. The van der Waals surface area contributed by atoms with Crippen molar-refractivity contribution in [3.05, 3.63) is 59.9 Å². The van der Waals surface area contributed by atoms with Gasteiger partial charge in [0.1, 0.15) is 11.4 Å². The number of ether oxygens (including phenoxy) is 1. The van der Waals surface area contributed by atoms with Crippen LogP contribution < -0.4 is 4.74 Å². The van der Waals surface area contributed by atoms with Gasteiger partial charge in [0, 0.05) is 32.4 Å². The van der Waals surface area contributed by atoms with Crippen molar-refractivity contribution in [1.29, 1.82) is 0 Å². The molecule has 1 aliphatic heterocycles. The first-order valence-electron chi connectivity index (χ1n) is 10.2. The fourth-order valence-corrected chi connectivity index (χ4v) is 3.44. The van der Waals surface area contributed by atoms with Crippen molar-refractivity contribution in [2.75, 3.05) is 26.2 Å². The minimum atomic E-state index is -0.571. The molecule has 1 fully saturated rings. The van der Waals surface area contributed by atoms with Crippen LogP contribution in [0.15, 0.2) is 48.7 Å². The van der Waals surface area contributed by atoms with Crippen LogP contribution in [0.25, 0.3) is 0 Å². The van der Waals surface area contributed by atoms with Crippen molar-refractivity contribution in [1.82, 2.24) is 14.8 Å². The second kappa shape index (κ2) is 9.54. The highest BCUT2D eigenvalue weighted by Gasteiger charge is 2.26. The maximum atomic E-state index is 12.9. The Bertz CT molecular complexity index is 821. The topological polar surface area (TPSA) is 62.7 Å². The van der Waals surface area contributed by atoms with Crippen molar-refractivity contribution >= 4 is 11.8 Å². The van der Waals surface area contributed by atoms with Gasteiger partial charge in [-0.3, -0.25) is 14.6 Å². The molecule has 1 aromatic carbocycles. The van der Waals surface area contributed by atoms with E-state index >= 15 is 0 Å². The predicted octanol–water partition coefficient (Wildman–Crippen LogP) is 3.35. The van der Waals surface area contributed by atoms with E-state index in [1.165, 1.54) is 5.56 Å². The van der Waals surface area contributed by atoms with E-state index < -0.39 is 6.10 Å². The van der Waals surface area contributed by atoms with Crippen LogP contribution in [-0.2, 0) is 4.79 Å². The fourth-order valence-electron chi connectivity index (χ4n) is 3.44. The highest BCUT2D eigenvalue weighted by Crippen LogP contribution is 2.20. The van der Waals surface area contributed by atoms with Gasteiger partial charge in [-0.2, -0.15) is 0 Å². The minimum absolute atomic E-state index is 0.0509. The summed E-state index contributed by atoms with van der Waals surface area (Å²) in [5.41, 5.74) is 1.68. The second-order valence-corrected chi connectivity index (χ2v) is 7.67. The zero-order valence-corrected chi connectivity index (χ0v) is 17.4. The quantitative estimate of drug-likeness (QED) is 0.779. The lowest BCUT2D eigenvalue weighted by molar-refractivity contribution is -0.137. The van der Waals surface area contributed by atoms with Crippen molar-refractivity contribution in [2.24, 2.45) is 0 Å². The molecule has 1 saturated heterocycles. The van der Waals surface area contributed by atoms with E-state index in [0.29, 0.717) is 43.5 Å². The largest absolute Gasteiger partial charge is 0.481 e. The molecule has 2 aromatic rings. The SMILES string of the molecule is CC(Oc1ccc(C(C)C)cc1)C(=O)N1CCCN(C(=O)c2ccccn2)CC1. The monoisotopic (exact) mass is 395 g/mol. The second-order valence-electron chi connectivity index (χ2n) is 7.67. The molecule has 2 amide bonds. The number of carbonyl (C=O) groups is 2. The lowest BCUT2D eigenvalue weighted by atomic mass is 10.0. The Morgan fingerprint density at radius 3 is 2.28 bits per heavy atom. The Balaban J connectivity index is 1.56. The van der Waals surface area contributed by atoms with Crippen molar-refractivity contribution in [2.45, 2.75) is 39.2 Å². The molecule has 6 heteroatoms. The number of benzene rings is 1. The molecule has 154 valence electrons. The van der Waals surface area contributed by atoms with Crippen LogP contribution in [0.2, 0.25) is 0 Å². The summed E-state index contributed by atoms with van der Waals surface area (Å²) in [6.07, 6.45) is 1.78. The van der Waals surface area contributed by atoms with Crippen LogP contribution in [0.5, 0.6) is 5.75 Å². The molecular weight excluding hydrogens is 366 g/mol. The number of carbonyl (C=O) groups excluding carboxylic acids is 2. The molecule has 1 aromatic heterocycles. The number of aromatic nitrogens is 1. The molecular formula is C23H29N3O3. The average Bonchev–Trinajstić information content (AvgIpc) is 3.00. The van der Waals surface area contributed by atoms with Crippen LogP contribution >= 0.6 is 0 Å². The van der Waals surface area contributed by atoms with E-state index in [-0.39, 0.29) is 11.8 Å². The number of hydrogen-bond acceptors (Lipinski definition) is 4. The van der Waals surface area contributed by atoms with Gasteiger partial charge < -0.3 is 14.5 Å². The molecule has 0 radical (unpaired) electrons. The van der Waals surface area contributed by atoms with Crippen molar-refractivity contribution in [3.8, 4) is 5.75 Å². The summed E-state index contributed by atoms with van der Waals surface area (Å²) < 4.78 is 5.87. The van der Waals surface area contributed by atoms with E-state index in [4.69, 9.17) is 4.74 Å². The summed E-state index contributed by atoms with van der Waals surface area (Å²) in [7, 11) is 0. The standard InChI is InChI=1S/C23H29N3O3/c1-17(2)19-8-10-20(11-9-19)29-18(3)22(27)25-13-6-14-26(16-15-25)23(28)21-7-4-5-12-24-21/h4-5,7-12,17-18H,6,13-16H2,1-3H3. The van der Waals surface area contributed by atoms with E-state index in [9.17, 15) is 9.59 Å². The van der Waals surface area contributed by atoms with Crippen molar-refractivity contribution < 1.29 is 14.3 Å². The van der Waals surface area contributed by atoms with Crippen LogP contribution in [-0.4, -0.2) is 58.9 Å². The third kappa shape index (κ3) is 5.34. The molecule has 1 aliphatic rings. The van der Waals surface area contributed by atoms with Gasteiger partial charge >= 0.3 is 0 Å². The predicted molar refractivity (Wildman–Crippen MR) is 112 cm³/mol. The zero-order chi connectivity index (χ0) is 20.8. The molecule has 6 nitrogen and oxygen atoms in total. The minimum Gasteiger partial charge on any atom is -0.481 e. The Labute approximate surface area is 172 Å². The van der Waals surface area contributed by atoms with Gasteiger partial charge in [-0.05, 0) is 49.1 Å². The summed E-state index contributed by atoms with van der Waals surface area (Å²) >= 11 is 0. The Morgan fingerprint density at radius 1 is 0.931 bits per heavy atom. The lowest BCUT2D eigenvalue weighted by Gasteiger charge is -2.25. The summed E-state index contributed by atoms with van der Waals surface area (Å²) in [6, 6.07) is 13.2. The molecule has 29 heavy (non-hydrogen) atoms. The fraction of sp³-hybridized carbons (Fsp3) is 0.435. The van der Waals surface area contributed by atoms with Crippen LogP contribution in [0.1, 0.15) is 49.2 Å². The first-order chi connectivity index (χ1) is 14.0. The normalized spacial score (nSPS) is 15.7. The van der Waals surface area contributed by atoms with E-state index in [1.807, 2.05) is 24.3 Å².